The molecular formula is C16H22N2O. The Hall–Kier alpha value is -1.82. The molecule has 0 aliphatic rings. The van der Waals surface area contributed by atoms with Crippen LogP contribution in [-0.4, -0.2) is 23.9 Å². The molecule has 1 unspecified atom stereocenters. The van der Waals surface area contributed by atoms with Crippen LogP contribution >= 0.6 is 0 Å². The lowest BCUT2D eigenvalue weighted by Gasteiger charge is -2.20. The summed E-state index contributed by atoms with van der Waals surface area (Å²) in [6.45, 7) is 7.41. The molecule has 0 N–H and O–H groups in total. The molecule has 19 heavy (non-hydrogen) atoms. The van der Waals surface area contributed by atoms with Crippen LogP contribution in [0.2, 0.25) is 0 Å². The second-order valence-electron chi connectivity index (χ2n) is 4.55. The van der Waals surface area contributed by atoms with Crippen molar-refractivity contribution < 1.29 is 4.79 Å². The van der Waals surface area contributed by atoms with Gasteiger partial charge in [-0.3, -0.25) is 4.79 Å². The quantitative estimate of drug-likeness (QED) is 0.787. The van der Waals surface area contributed by atoms with Crippen molar-refractivity contribution in [2.24, 2.45) is 0 Å². The second kappa shape index (κ2) is 7.58. The van der Waals surface area contributed by atoms with E-state index in [1.165, 1.54) is 5.56 Å². The second-order valence-corrected chi connectivity index (χ2v) is 4.55. The molecule has 102 valence electrons. The van der Waals surface area contributed by atoms with Gasteiger partial charge in [-0.25, -0.2) is 0 Å². The summed E-state index contributed by atoms with van der Waals surface area (Å²) in [6, 6.07) is 10.2. The van der Waals surface area contributed by atoms with Crippen molar-refractivity contribution in [1.82, 2.24) is 4.90 Å². The molecule has 3 nitrogen and oxygen atoms in total. The predicted molar refractivity (Wildman–Crippen MR) is 76.7 cm³/mol. The summed E-state index contributed by atoms with van der Waals surface area (Å²) < 4.78 is 0. The summed E-state index contributed by atoms with van der Waals surface area (Å²) in [5.74, 6) is -0.296. The van der Waals surface area contributed by atoms with Crippen LogP contribution in [0.1, 0.15) is 44.2 Å². The first-order valence-corrected chi connectivity index (χ1v) is 6.92. The molecule has 0 heterocycles. The number of nitriles is 1. The molecule has 0 saturated heterocycles. The number of carbonyl (C=O) groups is 1. The largest absolute Gasteiger partial charge is 0.343 e. The lowest BCUT2D eigenvalue weighted by molar-refractivity contribution is -0.130. The van der Waals surface area contributed by atoms with E-state index in [0.29, 0.717) is 13.1 Å². The minimum atomic E-state index is -0.348. The molecule has 1 rings (SSSR count). The highest BCUT2D eigenvalue weighted by molar-refractivity contribution is 5.77. The zero-order valence-electron chi connectivity index (χ0n) is 12.0. The molecule has 0 spiro atoms. The Bertz CT molecular complexity index is 441. The van der Waals surface area contributed by atoms with Crippen molar-refractivity contribution in [2.75, 3.05) is 13.1 Å². The van der Waals surface area contributed by atoms with E-state index in [1.54, 1.807) is 4.90 Å². The van der Waals surface area contributed by atoms with Crippen LogP contribution in [0.25, 0.3) is 0 Å². The molecule has 1 aromatic carbocycles. The van der Waals surface area contributed by atoms with Crippen LogP contribution in [0.3, 0.4) is 0 Å². The van der Waals surface area contributed by atoms with Gasteiger partial charge in [0.05, 0.1) is 12.0 Å². The topological polar surface area (TPSA) is 44.1 Å². The number of benzene rings is 1. The van der Waals surface area contributed by atoms with Crippen LogP contribution in [-0.2, 0) is 11.2 Å². The Morgan fingerprint density at radius 2 is 1.79 bits per heavy atom. The smallest absolute Gasteiger partial charge is 0.224 e. The molecule has 1 atom stereocenters. The number of hydrogen-bond donors (Lipinski definition) is 0. The maximum Gasteiger partial charge on any atom is 0.224 e. The van der Waals surface area contributed by atoms with Gasteiger partial charge in [-0.2, -0.15) is 5.26 Å². The molecule has 3 heteroatoms. The van der Waals surface area contributed by atoms with Gasteiger partial charge in [0.25, 0.3) is 0 Å². The Morgan fingerprint density at radius 1 is 1.21 bits per heavy atom. The van der Waals surface area contributed by atoms with Crippen molar-refractivity contribution in [3.8, 4) is 6.07 Å². The van der Waals surface area contributed by atoms with Gasteiger partial charge in [0.1, 0.15) is 0 Å². The van der Waals surface area contributed by atoms with Crippen molar-refractivity contribution in [3.63, 3.8) is 0 Å². The molecule has 0 fully saturated rings. The summed E-state index contributed by atoms with van der Waals surface area (Å²) in [5, 5.41) is 9.26. The third-order valence-corrected chi connectivity index (χ3v) is 3.44. The van der Waals surface area contributed by atoms with Gasteiger partial charge in [-0.1, -0.05) is 31.2 Å². The first kappa shape index (κ1) is 15.2. The summed E-state index contributed by atoms with van der Waals surface area (Å²) >= 11 is 0. The van der Waals surface area contributed by atoms with Gasteiger partial charge in [-0.05, 0) is 31.4 Å². The molecular weight excluding hydrogens is 236 g/mol. The van der Waals surface area contributed by atoms with Crippen LogP contribution in [0.5, 0.6) is 0 Å². The normalized spacial score (nSPS) is 11.7. The first-order valence-electron chi connectivity index (χ1n) is 6.92. The molecule has 1 aromatic rings. The summed E-state index contributed by atoms with van der Waals surface area (Å²) in [7, 11) is 0. The van der Waals surface area contributed by atoms with Crippen LogP contribution in [0.15, 0.2) is 24.3 Å². The minimum absolute atomic E-state index is 0.0520. The van der Waals surface area contributed by atoms with Crippen LogP contribution < -0.4 is 0 Å². The van der Waals surface area contributed by atoms with E-state index < -0.39 is 0 Å². The fourth-order valence-corrected chi connectivity index (χ4v) is 2.10. The Balaban J connectivity index is 2.78. The number of amides is 1. The summed E-state index contributed by atoms with van der Waals surface area (Å²) in [6.07, 6.45) is 1.25. The molecule has 0 bridgehead atoms. The molecule has 0 radical (unpaired) electrons. The highest BCUT2D eigenvalue weighted by Gasteiger charge is 2.18. The number of aryl methyl sites for hydroxylation is 1. The maximum atomic E-state index is 12.0. The highest BCUT2D eigenvalue weighted by Crippen LogP contribution is 2.20. The van der Waals surface area contributed by atoms with E-state index in [1.807, 2.05) is 38.1 Å². The van der Waals surface area contributed by atoms with Gasteiger partial charge in [0.2, 0.25) is 5.91 Å². The zero-order valence-corrected chi connectivity index (χ0v) is 12.0. The van der Waals surface area contributed by atoms with Crippen molar-refractivity contribution in [1.29, 1.82) is 5.26 Å². The summed E-state index contributed by atoms with van der Waals surface area (Å²) in [4.78, 5) is 13.8. The molecule has 0 saturated carbocycles. The van der Waals surface area contributed by atoms with Gasteiger partial charge in [0, 0.05) is 19.5 Å². The van der Waals surface area contributed by atoms with E-state index in [0.717, 1.165) is 12.0 Å². The Kier molecular flexibility index (Phi) is 6.08. The van der Waals surface area contributed by atoms with Gasteiger partial charge in [0.15, 0.2) is 0 Å². The monoisotopic (exact) mass is 258 g/mol. The number of rotatable bonds is 6. The van der Waals surface area contributed by atoms with Gasteiger partial charge in [-0.15, -0.1) is 0 Å². The summed E-state index contributed by atoms with van der Waals surface area (Å²) in [5.41, 5.74) is 2.18. The minimum Gasteiger partial charge on any atom is -0.343 e. The Morgan fingerprint density at radius 3 is 2.21 bits per heavy atom. The maximum absolute atomic E-state index is 12.0. The SMILES string of the molecule is CCc1ccc(C(C#N)CC(=O)N(CC)CC)cc1. The fourth-order valence-electron chi connectivity index (χ4n) is 2.10. The van der Waals surface area contributed by atoms with E-state index in [9.17, 15) is 10.1 Å². The van der Waals surface area contributed by atoms with Gasteiger partial charge >= 0.3 is 0 Å². The standard InChI is InChI=1S/C16H22N2O/c1-4-13-7-9-14(10-8-13)15(12-17)11-16(19)18(5-2)6-3/h7-10,15H,4-6,11H2,1-3H3. The molecule has 0 aliphatic carbocycles. The number of nitrogens with zero attached hydrogens (tertiary/aromatic N) is 2. The Labute approximate surface area is 115 Å². The van der Waals surface area contributed by atoms with Crippen LogP contribution in [0, 0.1) is 11.3 Å². The lowest BCUT2D eigenvalue weighted by atomic mass is 9.95. The van der Waals surface area contributed by atoms with E-state index >= 15 is 0 Å². The van der Waals surface area contributed by atoms with Crippen molar-refractivity contribution in [2.45, 2.75) is 39.5 Å². The first-order chi connectivity index (χ1) is 9.15. The van der Waals surface area contributed by atoms with Crippen LogP contribution in [0.4, 0.5) is 0 Å². The molecule has 0 aromatic heterocycles. The van der Waals surface area contributed by atoms with E-state index in [2.05, 4.69) is 13.0 Å². The predicted octanol–water partition coefficient (Wildman–Crippen LogP) is 3.11. The third-order valence-electron chi connectivity index (χ3n) is 3.44. The lowest BCUT2D eigenvalue weighted by Crippen LogP contribution is -2.31. The van der Waals surface area contributed by atoms with Crippen molar-refractivity contribution in [3.05, 3.63) is 35.4 Å². The van der Waals surface area contributed by atoms with E-state index in [-0.39, 0.29) is 18.2 Å². The number of hydrogen-bond acceptors (Lipinski definition) is 2. The molecule has 1 amide bonds. The fraction of sp³-hybridized carbons (Fsp3) is 0.500. The highest BCUT2D eigenvalue weighted by atomic mass is 16.2. The zero-order chi connectivity index (χ0) is 14.3. The molecule has 0 aliphatic heterocycles. The van der Waals surface area contributed by atoms with Crippen molar-refractivity contribution >= 4 is 5.91 Å². The average molecular weight is 258 g/mol. The third kappa shape index (κ3) is 4.10. The number of carbonyl (C=O) groups excluding carboxylic acids is 1. The van der Waals surface area contributed by atoms with E-state index in [4.69, 9.17) is 0 Å². The average Bonchev–Trinajstić information content (AvgIpc) is 2.46. The van der Waals surface area contributed by atoms with Gasteiger partial charge < -0.3 is 4.90 Å².